The number of benzene rings is 2. The lowest BCUT2D eigenvalue weighted by atomic mass is 9.99. The van der Waals surface area contributed by atoms with Crippen LogP contribution >= 0.6 is 46.4 Å². The molecule has 0 spiro atoms. The first kappa shape index (κ1) is 15.0. The molecule has 2 rings (SSSR count). The van der Waals surface area contributed by atoms with Crippen molar-refractivity contribution in [2.45, 2.75) is 6.54 Å². The zero-order valence-corrected chi connectivity index (χ0v) is 13.1. The Labute approximate surface area is 132 Å². The van der Waals surface area contributed by atoms with E-state index in [0.717, 1.165) is 16.7 Å². The van der Waals surface area contributed by atoms with Crippen LogP contribution < -0.4 is 5.32 Å². The quantitative estimate of drug-likeness (QED) is 0.760. The van der Waals surface area contributed by atoms with E-state index in [1.165, 1.54) is 0 Å². The monoisotopic (exact) mass is 333 g/mol. The fraction of sp³-hybridized carbons (Fsp3) is 0.143. The molecule has 5 heteroatoms. The highest BCUT2D eigenvalue weighted by atomic mass is 35.5. The predicted molar refractivity (Wildman–Crippen MR) is 84.7 cm³/mol. The van der Waals surface area contributed by atoms with Gasteiger partial charge < -0.3 is 5.32 Å². The maximum Gasteiger partial charge on any atom is 0.0514 e. The lowest BCUT2D eigenvalue weighted by Crippen LogP contribution is -2.06. The second kappa shape index (κ2) is 6.34. The van der Waals surface area contributed by atoms with Crippen LogP contribution in [0, 0.1) is 0 Å². The average Bonchev–Trinajstić information content (AvgIpc) is 2.31. The third-order valence-corrected chi connectivity index (χ3v) is 3.76. The molecule has 1 nitrogen and oxygen atoms in total. The van der Waals surface area contributed by atoms with Gasteiger partial charge in [-0.3, -0.25) is 0 Å². The summed E-state index contributed by atoms with van der Waals surface area (Å²) in [7, 11) is 1.88. The molecule has 0 aliphatic carbocycles. The molecule has 100 valence electrons. The van der Waals surface area contributed by atoms with E-state index in [4.69, 9.17) is 46.4 Å². The summed E-state index contributed by atoms with van der Waals surface area (Å²) in [5.41, 5.74) is 2.73. The number of nitrogens with one attached hydrogen (secondary N) is 1. The average molecular weight is 335 g/mol. The van der Waals surface area contributed by atoms with Gasteiger partial charge in [0.2, 0.25) is 0 Å². The van der Waals surface area contributed by atoms with Gasteiger partial charge in [-0.05, 0) is 42.4 Å². The van der Waals surface area contributed by atoms with Gasteiger partial charge in [-0.25, -0.2) is 0 Å². The van der Waals surface area contributed by atoms with E-state index >= 15 is 0 Å². The predicted octanol–water partition coefficient (Wildman–Crippen LogP) is 5.69. The summed E-state index contributed by atoms with van der Waals surface area (Å²) in [5.74, 6) is 0. The maximum atomic E-state index is 6.26. The van der Waals surface area contributed by atoms with Crippen molar-refractivity contribution in [1.82, 2.24) is 5.32 Å². The van der Waals surface area contributed by atoms with Gasteiger partial charge in [-0.15, -0.1) is 0 Å². The highest BCUT2D eigenvalue weighted by Crippen LogP contribution is 2.39. The van der Waals surface area contributed by atoms with Crippen LogP contribution in [0.1, 0.15) is 5.56 Å². The number of halogens is 4. The van der Waals surface area contributed by atoms with Crippen LogP contribution in [-0.4, -0.2) is 7.05 Å². The molecule has 0 aliphatic rings. The smallest absolute Gasteiger partial charge is 0.0514 e. The van der Waals surface area contributed by atoms with Crippen LogP contribution in [0.5, 0.6) is 0 Å². The van der Waals surface area contributed by atoms with Crippen molar-refractivity contribution >= 4 is 46.4 Å². The van der Waals surface area contributed by atoms with Crippen LogP contribution in [0.4, 0.5) is 0 Å². The van der Waals surface area contributed by atoms with Gasteiger partial charge in [0.1, 0.15) is 0 Å². The maximum absolute atomic E-state index is 6.26. The lowest BCUT2D eigenvalue weighted by molar-refractivity contribution is 0.819. The van der Waals surface area contributed by atoms with Gasteiger partial charge in [0.15, 0.2) is 0 Å². The minimum absolute atomic E-state index is 0.510. The molecule has 2 aromatic carbocycles. The second-order valence-corrected chi connectivity index (χ2v) is 5.76. The van der Waals surface area contributed by atoms with Crippen LogP contribution in [-0.2, 0) is 6.54 Å². The largest absolute Gasteiger partial charge is 0.316 e. The first-order chi connectivity index (χ1) is 9.02. The molecule has 0 unspecified atom stereocenters. The molecule has 0 bridgehead atoms. The number of hydrogen-bond donors (Lipinski definition) is 1. The van der Waals surface area contributed by atoms with Crippen LogP contribution in [0.2, 0.25) is 20.1 Å². The summed E-state index contributed by atoms with van der Waals surface area (Å²) in [5, 5.41) is 5.28. The van der Waals surface area contributed by atoms with Crippen molar-refractivity contribution in [2.24, 2.45) is 0 Å². The Morgan fingerprint density at radius 1 is 0.895 bits per heavy atom. The molecule has 19 heavy (non-hydrogen) atoms. The van der Waals surface area contributed by atoms with Crippen molar-refractivity contribution in [2.75, 3.05) is 7.05 Å². The van der Waals surface area contributed by atoms with Crippen molar-refractivity contribution < 1.29 is 0 Å². The molecule has 0 saturated heterocycles. The van der Waals surface area contributed by atoms with E-state index in [-0.39, 0.29) is 0 Å². The van der Waals surface area contributed by atoms with E-state index in [1.54, 1.807) is 12.1 Å². The topological polar surface area (TPSA) is 12.0 Å². The van der Waals surface area contributed by atoms with Gasteiger partial charge in [0.05, 0.1) is 10.0 Å². The minimum atomic E-state index is 0.510. The summed E-state index contributed by atoms with van der Waals surface area (Å²) in [6.07, 6.45) is 0. The third kappa shape index (κ3) is 3.36. The lowest BCUT2D eigenvalue weighted by Gasteiger charge is -2.13. The van der Waals surface area contributed by atoms with E-state index in [0.29, 0.717) is 26.6 Å². The molecule has 0 atom stereocenters. The molecule has 0 fully saturated rings. The Bertz CT molecular complexity index is 587. The van der Waals surface area contributed by atoms with Crippen LogP contribution in [0.25, 0.3) is 11.1 Å². The van der Waals surface area contributed by atoms with E-state index in [2.05, 4.69) is 5.32 Å². The fourth-order valence-corrected chi connectivity index (χ4v) is 3.12. The van der Waals surface area contributed by atoms with E-state index in [9.17, 15) is 0 Å². The molecular weight excluding hydrogens is 324 g/mol. The highest BCUT2D eigenvalue weighted by molar-refractivity contribution is 6.42. The summed E-state index contributed by atoms with van der Waals surface area (Å²) in [6.45, 7) is 0.696. The Hall–Kier alpha value is -0.440. The Balaban J connectivity index is 2.67. The first-order valence-corrected chi connectivity index (χ1v) is 7.12. The highest BCUT2D eigenvalue weighted by Gasteiger charge is 2.14. The fourth-order valence-electron chi connectivity index (χ4n) is 1.93. The van der Waals surface area contributed by atoms with Gasteiger partial charge in [0, 0.05) is 22.2 Å². The van der Waals surface area contributed by atoms with Crippen molar-refractivity contribution in [3.63, 3.8) is 0 Å². The van der Waals surface area contributed by atoms with Gasteiger partial charge in [-0.1, -0.05) is 52.5 Å². The molecule has 0 amide bonds. The third-order valence-electron chi connectivity index (χ3n) is 2.72. The Kier molecular flexibility index (Phi) is 4.99. The molecule has 1 N–H and O–H groups in total. The Morgan fingerprint density at radius 3 is 2.11 bits per heavy atom. The van der Waals surface area contributed by atoms with Gasteiger partial charge in [-0.2, -0.15) is 0 Å². The molecule has 0 heterocycles. The van der Waals surface area contributed by atoms with E-state index < -0.39 is 0 Å². The van der Waals surface area contributed by atoms with Crippen molar-refractivity contribution in [3.8, 4) is 11.1 Å². The molecule has 0 radical (unpaired) electrons. The van der Waals surface area contributed by atoms with Crippen LogP contribution in [0.3, 0.4) is 0 Å². The van der Waals surface area contributed by atoms with Crippen LogP contribution in [0.15, 0.2) is 30.3 Å². The molecular formula is C14H11Cl4N. The van der Waals surface area contributed by atoms with Gasteiger partial charge in [0.25, 0.3) is 0 Å². The van der Waals surface area contributed by atoms with Gasteiger partial charge >= 0.3 is 0 Å². The molecule has 0 saturated carbocycles. The zero-order chi connectivity index (χ0) is 14.0. The molecule has 0 aliphatic heterocycles. The second-order valence-electron chi connectivity index (χ2n) is 4.08. The summed E-state index contributed by atoms with van der Waals surface area (Å²) in [4.78, 5) is 0. The normalized spacial score (nSPS) is 10.8. The van der Waals surface area contributed by atoms with Crippen molar-refractivity contribution in [1.29, 1.82) is 0 Å². The summed E-state index contributed by atoms with van der Waals surface area (Å²) < 4.78 is 0. The standard InChI is InChI=1S/C14H11Cl4N/c1-19-7-8-2-3-9(15)4-11(8)14-12(17)5-10(16)6-13(14)18/h2-6,19H,7H2,1H3. The summed E-state index contributed by atoms with van der Waals surface area (Å²) in [6, 6.07) is 9.00. The minimum Gasteiger partial charge on any atom is -0.316 e. The van der Waals surface area contributed by atoms with E-state index in [1.807, 2.05) is 25.2 Å². The first-order valence-electron chi connectivity index (χ1n) is 5.61. The zero-order valence-electron chi connectivity index (χ0n) is 10.1. The number of hydrogen-bond acceptors (Lipinski definition) is 1. The molecule has 0 aromatic heterocycles. The Morgan fingerprint density at radius 2 is 1.53 bits per heavy atom. The summed E-state index contributed by atoms with van der Waals surface area (Å²) >= 11 is 24.5. The SMILES string of the molecule is CNCc1ccc(Cl)cc1-c1c(Cl)cc(Cl)cc1Cl. The molecule has 2 aromatic rings. The van der Waals surface area contributed by atoms with Crippen molar-refractivity contribution in [3.05, 3.63) is 56.0 Å². The number of rotatable bonds is 3.